The van der Waals surface area contributed by atoms with Crippen molar-refractivity contribution in [2.24, 2.45) is 0 Å². The highest BCUT2D eigenvalue weighted by atomic mass is 16.4. The van der Waals surface area contributed by atoms with Gasteiger partial charge in [-0.15, -0.1) is 0 Å². The molecular weight excluding hydrogens is 182 g/mol. The van der Waals surface area contributed by atoms with Gasteiger partial charge in [0.05, 0.1) is 6.54 Å². The Balaban J connectivity index is 2.34. The first-order valence-electron chi connectivity index (χ1n) is 4.39. The maximum atomic E-state index is 10.3. The molecule has 1 aromatic rings. The van der Waals surface area contributed by atoms with Crippen molar-refractivity contribution in [3.63, 3.8) is 0 Å². The molecule has 0 bridgehead atoms. The summed E-state index contributed by atoms with van der Waals surface area (Å²) in [4.78, 5) is 18.4. The van der Waals surface area contributed by atoms with E-state index in [0.29, 0.717) is 6.42 Å². The Labute approximate surface area is 82.2 Å². The summed E-state index contributed by atoms with van der Waals surface area (Å²) in [6.45, 7) is 1.87. The van der Waals surface area contributed by atoms with Gasteiger partial charge < -0.3 is 10.4 Å². The number of hydrogen-bond donors (Lipinski definition) is 2. The fourth-order valence-electron chi connectivity index (χ4n) is 1.04. The average molecular weight is 195 g/mol. The monoisotopic (exact) mass is 195 g/mol. The van der Waals surface area contributed by atoms with E-state index in [9.17, 15) is 4.79 Å². The van der Waals surface area contributed by atoms with Crippen molar-refractivity contribution in [3.05, 3.63) is 24.3 Å². The SMILES string of the molecule is CC(Cc1ncccn1)NCC(=O)O. The Hall–Kier alpha value is -1.49. The van der Waals surface area contributed by atoms with Crippen LogP contribution in [0.25, 0.3) is 0 Å². The quantitative estimate of drug-likeness (QED) is 0.696. The normalized spacial score (nSPS) is 12.4. The third-order valence-corrected chi connectivity index (χ3v) is 1.71. The fraction of sp³-hybridized carbons (Fsp3) is 0.444. The van der Waals surface area contributed by atoms with Gasteiger partial charge in [0, 0.05) is 24.9 Å². The van der Waals surface area contributed by atoms with E-state index in [-0.39, 0.29) is 12.6 Å². The number of carboxylic acid groups (broad SMARTS) is 1. The van der Waals surface area contributed by atoms with Crippen molar-refractivity contribution in [1.29, 1.82) is 0 Å². The van der Waals surface area contributed by atoms with Crippen LogP contribution < -0.4 is 5.32 Å². The summed E-state index contributed by atoms with van der Waals surface area (Å²) in [5.41, 5.74) is 0. The minimum absolute atomic E-state index is 0.0337. The smallest absolute Gasteiger partial charge is 0.317 e. The van der Waals surface area contributed by atoms with Gasteiger partial charge in [-0.1, -0.05) is 0 Å². The summed E-state index contributed by atoms with van der Waals surface area (Å²) in [6.07, 6.45) is 3.98. The van der Waals surface area contributed by atoms with Gasteiger partial charge in [0.15, 0.2) is 0 Å². The Morgan fingerprint density at radius 2 is 2.21 bits per heavy atom. The zero-order valence-electron chi connectivity index (χ0n) is 7.97. The maximum Gasteiger partial charge on any atom is 0.317 e. The zero-order chi connectivity index (χ0) is 10.4. The van der Waals surface area contributed by atoms with Gasteiger partial charge in [-0.25, -0.2) is 9.97 Å². The van der Waals surface area contributed by atoms with Crippen molar-refractivity contribution in [2.45, 2.75) is 19.4 Å². The first-order valence-corrected chi connectivity index (χ1v) is 4.39. The molecule has 0 saturated heterocycles. The lowest BCUT2D eigenvalue weighted by atomic mass is 10.2. The molecule has 2 N–H and O–H groups in total. The molecule has 14 heavy (non-hydrogen) atoms. The summed E-state index contributed by atoms with van der Waals surface area (Å²) in [7, 11) is 0. The van der Waals surface area contributed by atoms with Crippen LogP contribution in [0.1, 0.15) is 12.7 Å². The highest BCUT2D eigenvalue weighted by Crippen LogP contribution is 1.94. The van der Waals surface area contributed by atoms with Gasteiger partial charge in [0.25, 0.3) is 0 Å². The van der Waals surface area contributed by atoms with Crippen LogP contribution in [0.4, 0.5) is 0 Å². The first-order chi connectivity index (χ1) is 6.68. The minimum Gasteiger partial charge on any atom is -0.480 e. The van der Waals surface area contributed by atoms with Crippen molar-refractivity contribution in [2.75, 3.05) is 6.54 Å². The average Bonchev–Trinajstić information content (AvgIpc) is 2.16. The molecule has 0 radical (unpaired) electrons. The molecule has 0 saturated carbocycles. The molecular formula is C9H13N3O2. The molecule has 0 aliphatic rings. The number of aromatic nitrogens is 2. The molecule has 1 aromatic heterocycles. The topological polar surface area (TPSA) is 75.1 Å². The van der Waals surface area contributed by atoms with Crippen molar-refractivity contribution < 1.29 is 9.90 Å². The van der Waals surface area contributed by atoms with Gasteiger partial charge in [0.2, 0.25) is 0 Å². The molecule has 0 amide bonds. The van der Waals surface area contributed by atoms with Gasteiger partial charge in [-0.05, 0) is 13.0 Å². The van der Waals surface area contributed by atoms with Crippen LogP contribution in [0.15, 0.2) is 18.5 Å². The van der Waals surface area contributed by atoms with Crippen molar-refractivity contribution in [1.82, 2.24) is 15.3 Å². The molecule has 5 nitrogen and oxygen atoms in total. The predicted octanol–water partition coefficient (Wildman–Crippen LogP) is 0.0818. The lowest BCUT2D eigenvalue weighted by Crippen LogP contribution is -2.33. The second-order valence-electron chi connectivity index (χ2n) is 3.04. The van der Waals surface area contributed by atoms with E-state index >= 15 is 0 Å². The van der Waals surface area contributed by atoms with Crippen LogP contribution in [0.2, 0.25) is 0 Å². The Morgan fingerprint density at radius 1 is 1.57 bits per heavy atom. The molecule has 1 atom stereocenters. The van der Waals surface area contributed by atoms with Crippen LogP contribution in [0.3, 0.4) is 0 Å². The van der Waals surface area contributed by atoms with Crippen LogP contribution in [-0.4, -0.2) is 33.6 Å². The second-order valence-corrected chi connectivity index (χ2v) is 3.04. The summed E-state index contributed by atoms with van der Waals surface area (Å²) >= 11 is 0. The van der Waals surface area contributed by atoms with E-state index in [4.69, 9.17) is 5.11 Å². The largest absolute Gasteiger partial charge is 0.480 e. The van der Waals surface area contributed by atoms with Crippen LogP contribution in [0, 0.1) is 0 Å². The Kier molecular flexibility index (Phi) is 4.00. The number of nitrogens with zero attached hydrogens (tertiary/aromatic N) is 2. The molecule has 5 heteroatoms. The van der Waals surface area contributed by atoms with Gasteiger partial charge in [-0.2, -0.15) is 0 Å². The molecule has 0 aliphatic heterocycles. The highest BCUT2D eigenvalue weighted by molar-refractivity contribution is 5.69. The third kappa shape index (κ3) is 3.95. The second kappa shape index (κ2) is 5.29. The molecule has 0 aromatic carbocycles. The summed E-state index contributed by atoms with van der Waals surface area (Å²) in [5.74, 6) is -0.135. The molecule has 1 heterocycles. The predicted molar refractivity (Wildman–Crippen MR) is 50.8 cm³/mol. The number of carbonyl (C=O) groups is 1. The van der Waals surface area contributed by atoms with Crippen molar-refractivity contribution in [3.8, 4) is 0 Å². The van der Waals surface area contributed by atoms with E-state index in [1.54, 1.807) is 18.5 Å². The number of hydrogen-bond acceptors (Lipinski definition) is 4. The standard InChI is InChI=1S/C9H13N3O2/c1-7(12-6-9(13)14)5-8-10-3-2-4-11-8/h2-4,7,12H,5-6H2,1H3,(H,13,14). The minimum atomic E-state index is -0.856. The molecule has 1 rings (SSSR count). The number of nitrogens with one attached hydrogen (secondary N) is 1. The Morgan fingerprint density at radius 3 is 2.79 bits per heavy atom. The highest BCUT2D eigenvalue weighted by Gasteiger charge is 2.06. The van der Waals surface area contributed by atoms with Crippen LogP contribution >= 0.6 is 0 Å². The lowest BCUT2D eigenvalue weighted by molar-refractivity contribution is -0.136. The summed E-state index contributed by atoms with van der Waals surface area (Å²) < 4.78 is 0. The van der Waals surface area contributed by atoms with Crippen LogP contribution in [0.5, 0.6) is 0 Å². The number of carboxylic acids is 1. The summed E-state index contributed by atoms with van der Waals surface area (Å²) in [6, 6.07) is 1.81. The molecule has 0 fully saturated rings. The van der Waals surface area contributed by atoms with E-state index in [1.807, 2.05) is 6.92 Å². The fourth-order valence-corrected chi connectivity index (χ4v) is 1.04. The molecule has 0 aliphatic carbocycles. The maximum absolute atomic E-state index is 10.3. The Bertz CT molecular complexity index is 289. The third-order valence-electron chi connectivity index (χ3n) is 1.71. The number of rotatable bonds is 5. The number of aliphatic carboxylic acids is 1. The van der Waals surface area contributed by atoms with Crippen molar-refractivity contribution >= 4 is 5.97 Å². The van der Waals surface area contributed by atoms with Gasteiger partial charge in [0.1, 0.15) is 5.82 Å². The summed E-state index contributed by atoms with van der Waals surface area (Å²) in [5, 5.41) is 11.3. The van der Waals surface area contributed by atoms with Gasteiger partial charge >= 0.3 is 5.97 Å². The van der Waals surface area contributed by atoms with E-state index in [0.717, 1.165) is 5.82 Å². The van der Waals surface area contributed by atoms with E-state index < -0.39 is 5.97 Å². The van der Waals surface area contributed by atoms with E-state index in [2.05, 4.69) is 15.3 Å². The first kappa shape index (κ1) is 10.6. The van der Waals surface area contributed by atoms with Gasteiger partial charge in [-0.3, -0.25) is 4.79 Å². The van der Waals surface area contributed by atoms with E-state index in [1.165, 1.54) is 0 Å². The molecule has 1 unspecified atom stereocenters. The van der Waals surface area contributed by atoms with Crippen LogP contribution in [-0.2, 0) is 11.2 Å². The lowest BCUT2D eigenvalue weighted by Gasteiger charge is -2.10. The zero-order valence-corrected chi connectivity index (χ0v) is 7.97. The molecule has 76 valence electrons. The molecule has 0 spiro atoms.